The summed E-state index contributed by atoms with van der Waals surface area (Å²) in [5.74, 6) is 2.25. The normalized spacial score (nSPS) is 15.4. The average Bonchev–Trinajstić information content (AvgIpc) is 3.05. The van der Waals surface area contributed by atoms with Crippen LogP contribution in [0, 0.1) is 25.7 Å². The number of carbonyl (C=O) groups excluding carboxylic acids is 1. The number of ether oxygens (including phenoxy) is 1. The van der Waals surface area contributed by atoms with Crippen LogP contribution in [0.15, 0.2) is 24.3 Å². The largest absolute Gasteiger partial charge is 0.496 e. The van der Waals surface area contributed by atoms with Crippen LogP contribution >= 0.6 is 11.3 Å². The molecule has 0 bridgehead atoms. The number of hydrogen-bond acceptors (Lipinski definition) is 5. The first kappa shape index (κ1) is 23.7. The number of amides is 1. The van der Waals surface area contributed by atoms with Crippen LogP contribution < -0.4 is 4.74 Å². The van der Waals surface area contributed by atoms with Crippen LogP contribution in [-0.2, 0) is 17.8 Å². The Hall–Kier alpha value is -1.92. The first-order valence-corrected chi connectivity index (χ1v) is 12.2. The summed E-state index contributed by atoms with van der Waals surface area (Å²) < 4.78 is 5.51. The molecule has 0 aliphatic carbocycles. The first-order valence-electron chi connectivity index (χ1n) is 11.4. The van der Waals surface area contributed by atoms with E-state index in [2.05, 4.69) is 40.8 Å². The predicted molar refractivity (Wildman–Crippen MR) is 128 cm³/mol. The Bertz CT molecular complexity index is 856. The molecule has 0 radical (unpaired) electrons. The molecule has 31 heavy (non-hydrogen) atoms. The van der Waals surface area contributed by atoms with E-state index in [0.717, 1.165) is 66.9 Å². The molecule has 1 fully saturated rings. The molecule has 0 atom stereocenters. The molecule has 5 nitrogen and oxygen atoms in total. The maximum Gasteiger partial charge on any atom is 0.227 e. The molecule has 1 aliphatic rings. The van der Waals surface area contributed by atoms with Gasteiger partial charge in [-0.05, 0) is 57.7 Å². The van der Waals surface area contributed by atoms with Crippen LogP contribution in [0.1, 0.15) is 47.8 Å². The number of thiazole rings is 1. The molecule has 2 heterocycles. The standard InChI is InChI=1S/C25H37N3O2S/c1-18(2)15-28(25(29)14-24-19(3)26-20(4)31-24)16-21-10-12-27(13-11-21)17-22-8-6-7-9-23(22)30-5/h6-9,18,21H,10-17H2,1-5H3. The van der Waals surface area contributed by atoms with E-state index in [9.17, 15) is 4.79 Å². The Labute approximate surface area is 191 Å². The Morgan fingerprint density at radius 3 is 2.58 bits per heavy atom. The Kier molecular flexibility index (Phi) is 8.50. The highest BCUT2D eigenvalue weighted by Gasteiger charge is 2.25. The number of carbonyl (C=O) groups is 1. The van der Waals surface area contributed by atoms with Gasteiger partial charge in [-0.3, -0.25) is 9.69 Å². The van der Waals surface area contributed by atoms with Gasteiger partial charge in [-0.25, -0.2) is 4.98 Å². The molecule has 0 saturated carbocycles. The van der Waals surface area contributed by atoms with Gasteiger partial charge in [0, 0.05) is 30.1 Å². The summed E-state index contributed by atoms with van der Waals surface area (Å²) in [5.41, 5.74) is 2.25. The van der Waals surface area contributed by atoms with Crippen LogP contribution in [-0.4, -0.2) is 54.0 Å². The van der Waals surface area contributed by atoms with Crippen LogP contribution in [0.2, 0.25) is 0 Å². The Morgan fingerprint density at radius 1 is 1.26 bits per heavy atom. The SMILES string of the molecule is COc1ccccc1CN1CCC(CN(CC(C)C)C(=O)Cc2sc(C)nc2C)CC1. The van der Waals surface area contributed by atoms with Gasteiger partial charge in [0.1, 0.15) is 5.75 Å². The lowest BCUT2D eigenvalue weighted by molar-refractivity contribution is -0.131. The zero-order chi connectivity index (χ0) is 22.4. The van der Waals surface area contributed by atoms with Crippen molar-refractivity contribution in [2.45, 2.75) is 53.5 Å². The second-order valence-corrected chi connectivity index (χ2v) is 10.4. The van der Waals surface area contributed by atoms with E-state index in [4.69, 9.17) is 4.74 Å². The summed E-state index contributed by atoms with van der Waals surface area (Å²) in [5, 5.41) is 1.04. The maximum absolute atomic E-state index is 13.1. The van der Waals surface area contributed by atoms with Crippen LogP contribution in [0.25, 0.3) is 0 Å². The molecule has 1 aliphatic heterocycles. The quantitative estimate of drug-likeness (QED) is 0.563. The minimum Gasteiger partial charge on any atom is -0.496 e. The summed E-state index contributed by atoms with van der Waals surface area (Å²) in [4.78, 5) is 23.4. The number of piperidine rings is 1. The minimum atomic E-state index is 0.247. The van der Waals surface area contributed by atoms with Crippen molar-refractivity contribution in [3.8, 4) is 5.75 Å². The highest BCUT2D eigenvalue weighted by Crippen LogP contribution is 2.25. The number of para-hydroxylation sites is 1. The second-order valence-electron chi connectivity index (χ2n) is 9.14. The molecule has 6 heteroatoms. The Balaban J connectivity index is 1.55. The fourth-order valence-corrected chi connectivity index (χ4v) is 5.35. The summed E-state index contributed by atoms with van der Waals surface area (Å²) in [6, 6.07) is 8.27. The molecule has 0 unspecified atom stereocenters. The van der Waals surface area contributed by atoms with Gasteiger partial charge in [0.2, 0.25) is 5.91 Å². The van der Waals surface area contributed by atoms with Crippen molar-refractivity contribution in [1.82, 2.24) is 14.8 Å². The molecular weight excluding hydrogens is 406 g/mol. The number of hydrogen-bond donors (Lipinski definition) is 0. The van der Waals surface area contributed by atoms with Crippen molar-refractivity contribution >= 4 is 17.2 Å². The second kappa shape index (κ2) is 11.1. The van der Waals surface area contributed by atoms with Gasteiger partial charge in [0.05, 0.1) is 24.2 Å². The molecule has 0 spiro atoms. The fraction of sp³-hybridized carbons (Fsp3) is 0.600. The summed E-state index contributed by atoms with van der Waals surface area (Å²) in [6.07, 6.45) is 2.75. The van der Waals surface area contributed by atoms with Gasteiger partial charge in [-0.1, -0.05) is 32.0 Å². The number of aryl methyl sites for hydroxylation is 2. The topological polar surface area (TPSA) is 45.7 Å². The summed E-state index contributed by atoms with van der Waals surface area (Å²) in [7, 11) is 1.74. The average molecular weight is 444 g/mol. The highest BCUT2D eigenvalue weighted by molar-refractivity contribution is 7.11. The molecule has 2 aromatic rings. The first-order chi connectivity index (χ1) is 14.9. The van der Waals surface area contributed by atoms with Crippen molar-refractivity contribution in [1.29, 1.82) is 0 Å². The van der Waals surface area contributed by atoms with Gasteiger partial charge < -0.3 is 9.64 Å². The molecule has 1 saturated heterocycles. The van der Waals surface area contributed by atoms with Crippen molar-refractivity contribution in [3.63, 3.8) is 0 Å². The molecule has 3 rings (SSSR count). The number of aromatic nitrogens is 1. The van der Waals surface area contributed by atoms with Gasteiger partial charge in [0.25, 0.3) is 0 Å². The molecule has 170 valence electrons. The number of likely N-dealkylation sites (tertiary alicyclic amines) is 1. The third kappa shape index (κ3) is 6.78. The smallest absolute Gasteiger partial charge is 0.227 e. The molecule has 1 aromatic heterocycles. The zero-order valence-electron chi connectivity index (χ0n) is 19.7. The lowest BCUT2D eigenvalue weighted by Gasteiger charge is -2.35. The lowest BCUT2D eigenvalue weighted by Crippen LogP contribution is -2.42. The van der Waals surface area contributed by atoms with E-state index in [0.29, 0.717) is 18.3 Å². The van der Waals surface area contributed by atoms with E-state index in [1.165, 1.54) is 5.56 Å². The van der Waals surface area contributed by atoms with Gasteiger partial charge in [0.15, 0.2) is 0 Å². The maximum atomic E-state index is 13.1. The third-order valence-electron chi connectivity index (χ3n) is 6.02. The molecule has 1 amide bonds. The monoisotopic (exact) mass is 443 g/mol. The number of nitrogens with zero attached hydrogens (tertiary/aromatic N) is 3. The zero-order valence-corrected chi connectivity index (χ0v) is 20.5. The van der Waals surface area contributed by atoms with E-state index in [1.54, 1.807) is 18.4 Å². The van der Waals surface area contributed by atoms with E-state index >= 15 is 0 Å². The van der Waals surface area contributed by atoms with Gasteiger partial charge in [-0.15, -0.1) is 11.3 Å². The molecule has 1 aromatic carbocycles. The van der Waals surface area contributed by atoms with Gasteiger partial charge in [-0.2, -0.15) is 0 Å². The van der Waals surface area contributed by atoms with Crippen LogP contribution in [0.4, 0.5) is 0 Å². The van der Waals surface area contributed by atoms with Crippen LogP contribution in [0.3, 0.4) is 0 Å². The summed E-state index contributed by atoms with van der Waals surface area (Å²) in [6.45, 7) is 13.2. The highest BCUT2D eigenvalue weighted by atomic mass is 32.1. The number of methoxy groups -OCH3 is 1. The predicted octanol–water partition coefficient (Wildman–Crippen LogP) is 4.71. The molecule has 0 N–H and O–H groups in total. The van der Waals surface area contributed by atoms with E-state index in [-0.39, 0.29) is 5.91 Å². The van der Waals surface area contributed by atoms with E-state index < -0.39 is 0 Å². The van der Waals surface area contributed by atoms with Gasteiger partial charge >= 0.3 is 0 Å². The van der Waals surface area contributed by atoms with Crippen molar-refractivity contribution < 1.29 is 9.53 Å². The van der Waals surface area contributed by atoms with Crippen molar-refractivity contribution in [2.75, 3.05) is 33.3 Å². The van der Waals surface area contributed by atoms with Crippen molar-refractivity contribution in [2.24, 2.45) is 11.8 Å². The van der Waals surface area contributed by atoms with Crippen molar-refractivity contribution in [3.05, 3.63) is 45.4 Å². The summed E-state index contributed by atoms with van der Waals surface area (Å²) >= 11 is 1.65. The fourth-order valence-electron chi connectivity index (χ4n) is 4.42. The lowest BCUT2D eigenvalue weighted by atomic mass is 9.95. The third-order valence-corrected chi connectivity index (χ3v) is 7.09. The molecular formula is C25H37N3O2S. The van der Waals surface area contributed by atoms with E-state index in [1.807, 2.05) is 26.0 Å². The Morgan fingerprint density at radius 2 is 1.97 bits per heavy atom. The van der Waals surface area contributed by atoms with Crippen LogP contribution in [0.5, 0.6) is 5.75 Å². The number of rotatable bonds is 9. The number of benzene rings is 1. The minimum absolute atomic E-state index is 0.247.